The van der Waals surface area contributed by atoms with Gasteiger partial charge in [-0.25, -0.2) is 16.8 Å². The predicted molar refractivity (Wildman–Crippen MR) is 114 cm³/mol. The van der Waals surface area contributed by atoms with Gasteiger partial charge in [-0.15, -0.1) is 0 Å². The van der Waals surface area contributed by atoms with Crippen LogP contribution < -0.4 is 14.8 Å². The van der Waals surface area contributed by atoms with E-state index < -0.39 is 26.0 Å². The molecular weight excluding hydrogens is 430 g/mol. The number of sulfonamides is 2. The monoisotopic (exact) mass is 453 g/mol. The first-order valence-electron chi connectivity index (χ1n) is 9.18. The summed E-state index contributed by atoms with van der Waals surface area (Å²) in [5, 5.41) is 2.63. The van der Waals surface area contributed by atoms with Crippen molar-refractivity contribution in [3.05, 3.63) is 48.0 Å². The number of carbonyl (C=O) groups is 1. The van der Waals surface area contributed by atoms with Crippen LogP contribution in [0.5, 0.6) is 5.75 Å². The average Bonchev–Trinajstić information content (AvgIpc) is 3.22. The van der Waals surface area contributed by atoms with Crippen LogP contribution in [0.4, 0.5) is 11.4 Å². The zero-order chi connectivity index (χ0) is 21.9. The Hall–Kier alpha value is -2.63. The maximum atomic E-state index is 12.8. The number of carbonyl (C=O) groups excluding carboxylic acids is 1. The molecule has 2 N–H and O–H groups in total. The number of nitrogens with one attached hydrogen (secondary N) is 2. The molecule has 0 saturated carbocycles. The minimum atomic E-state index is -3.68. The van der Waals surface area contributed by atoms with Crippen LogP contribution in [0.2, 0.25) is 0 Å². The van der Waals surface area contributed by atoms with Gasteiger partial charge in [0.15, 0.2) is 0 Å². The van der Waals surface area contributed by atoms with Gasteiger partial charge in [0, 0.05) is 13.1 Å². The van der Waals surface area contributed by atoms with E-state index in [2.05, 4.69) is 10.0 Å². The summed E-state index contributed by atoms with van der Waals surface area (Å²) in [5.74, 6) is -0.340. The van der Waals surface area contributed by atoms with Crippen LogP contribution in [0.1, 0.15) is 23.2 Å². The molecule has 2 aromatic rings. The van der Waals surface area contributed by atoms with Gasteiger partial charge in [-0.3, -0.25) is 9.52 Å². The van der Waals surface area contributed by atoms with E-state index in [1.54, 1.807) is 12.1 Å². The van der Waals surface area contributed by atoms with Crippen LogP contribution in [0.15, 0.2) is 47.4 Å². The van der Waals surface area contributed by atoms with Gasteiger partial charge in [-0.2, -0.15) is 4.31 Å². The largest absolute Gasteiger partial charge is 0.495 e. The van der Waals surface area contributed by atoms with E-state index in [0.29, 0.717) is 13.1 Å². The molecule has 162 valence electrons. The van der Waals surface area contributed by atoms with Gasteiger partial charge in [0.1, 0.15) is 5.75 Å². The molecule has 3 rings (SSSR count). The summed E-state index contributed by atoms with van der Waals surface area (Å²) in [4.78, 5) is 12.9. The number of hydrogen-bond acceptors (Lipinski definition) is 6. The average molecular weight is 454 g/mol. The second kappa shape index (κ2) is 8.62. The van der Waals surface area contributed by atoms with Crippen LogP contribution in [0, 0.1) is 0 Å². The first kappa shape index (κ1) is 22.1. The minimum absolute atomic E-state index is 0.0445. The van der Waals surface area contributed by atoms with E-state index in [1.807, 2.05) is 0 Å². The number of anilines is 2. The second-order valence-electron chi connectivity index (χ2n) is 6.85. The number of methoxy groups -OCH3 is 1. The van der Waals surface area contributed by atoms with Crippen molar-refractivity contribution < 1.29 is 26.4 Å². The number of para-hydroxylation sites is 1. The fraction of sp³-hybridized carbons (Fsp3) is 0.316. The smallest absolute Gasteiger partial charge is 0.257 e. The van der Waals surface area contributed by atoms with Gasteiger partial charge in [0.05, 0.1) is 35.2 Å². The molecule has 1 fully saturated rings. The maximum absolute atomic E-state index is 12.8. The number of rotatable bonds is 7. The van der Waals surface area contributed by atoms with Crippen molar-refractivity contribution >= 4 is 37.3 Å². The number of ether oxygens (including phenoxy) is 1. The molecule has 2 aromatic carbocycles. The van der Waals surface area contributed by atoms with E-state index in [-0.39, 0.29) is 27.6 Å². The lowest BCUT2D eigenvalue weighted by Crippen LogP contribution is -2.28. The first-order valence-corrected chi connectivity index (χ1v) is 12.5. The lowest BCUT2D eigenvalue weighted by molar-refractivity contribution is 0.102. The zero-order valence-electron chi connectivity index (χ0n) is 16.6. The summed E-state index contributed by atoms with van der Waals surface area (Å²) in [6, 6.07) is 10.3. The minimum Gasteiger partial charge on any atom is -0.495 e. The lowest BCUT2D eigenvalue weighted by atomic mass is 10.1. The Morgan fingerprint density at radius 1 is 1.00 bits per heavy atom. The van der Waals surface area contributed by atoms with Crippen LogP contribution >= 0.6 is 0 Å². The third-order valence-corrected chi connectivity index (χ3v) is 7.07. The molecule has 1 saturated heterocycles. The van der Waals surface area contributed by atoms with E-state index in [0.717, 1.165) is 19.1 Å². The summed E-state index contributed by atoms with van der Waals surface area (Å²) < 4.78 is 57.8. The first-order chi connectivity index (χ1) is 14.1. The van der Waals surface area contributed by atoms with Crippen molar-refractivity contribution in [1.82, 2.24) is 4.31 Å². The topological polar surface area (TPSA) is 122 Å². The predicted octanol–water partition coefficient (Wildman–Crippen LogP) is 2.10. The molecule has 0 radical (unpaired) electrons. The Bertz CT molecular complexity index is 1160. The summed E-state index contributed by atoms with van der Waals surface area (Å²) in [7, 11) is -5.88. The van der Waals surface area contributed by atoms with Gasteiger partial charge < -0.3 is 10.1 Å². The van der Waals surface area contributed by atoms with Gasteiger partial charge in [-0.1, -0.05) is 12.1 Å². The number of nitrogens with zero attached hydrogens (tertiary/aromatic N) is 1. The van der Waals surface area contributed by atoms with Gasteiger partial charge in [0.25, 0.3) is 5.91 Å². The van der Waals surface area contributed by atoms with E-state index >= 15 is 0 Å². The summed E-state index contributed by atoms with van der Waals surface area (Å²) in [6.07, 6.45) is 2.60. The Labute approximate surface area is 176 Å². The van der Waals surface area contributed by atoms with E-state index in [1.165, 1.54) is 41.7 Å². The zero-order valence-corrected chi connectivity index (χ0v) is 18.2. The summed E-state index contributed by atoms with van der Waals surface area (Å²) in [5.41, 5.74) is 0.354. The van der Waals surface area contributed by atoms with Crippen LogP contribution in [-0.4, -0.2) is 53.5 Å². The van der Waals surface area contributed by atoms with Crippen LogP contribution in [-0.2, 0) is 20.0 Å². The van der Waals surface area contributed by atoms with Crippen LogP contribution in [0.25, 0.3) is 0 Å². The summed E-state index contributed by atoms with van der Waals surface area (Å²) in [6.45, 7) is 0.918. The van der Waals surface area contributed by atoms with Crippen molar-refractivity contribution in [2.24, 2.45) is 0 Å². The standard InChI is InChI=1S/C19H23N3O6S2/c1-28-18-10-9-14(30(26,27)22-11-5-6-12-22)13-17(18)20-19(23)15-7-3-4-8-16(15)21-29(2,24)25/h3-4,7-10,13,21H,5-6,11-12H2,1-2H3,(H,20,23). The molecule has 1 aliphatic rings. The number of benzene rings is 2. The Kier molecular flexibility index (Phi) is 6.34. The molecule has 9 nitrogen and oxygen atoms in total. The van der Waals surface area contributed by atoms with E-state index in [9.17, 15) is 21.6 Å². The Morgan fingerprint density at radius 2 is 1.67 bits per heavy atom. The fourth-order valence-electron chi connectivity index (χ4n) is 3.18. The molecule has 0 unspecified atom stereocenters. The Morgan fingerprint density at radius 3 is 2.30 bits per heavy atom. The number of amides is 1. The molecule has 0 aliphatic carbocycles. The molecule has 1 amide bonds. The molecule has 1 aliphatic heterocycles. The molecule has 11 heteroatoms. The molecule has 0 atom stereocenters. The SMILES string of the molecule is COc1ccc(S(=O)(=O)N2CCCC2)cc1NC(=O)c1ccccc1NS(C)(=O)=O. The van der Waals surface area contributed by atoms with Crippen molar-refractivity contribution in [3.63, 3.8) is 0 Å². The maximum Gasteiger partial charge on any atom is 0.257 e. The van der Waals surface area contributed by atoms with E-state index in [4.69, 9.17) is 4.74 Å². The molecule has 0 bridgehead atoms. The lowest BCUT2D eigenvalue weighted by Gasteiger charge is -2.18. The highest BCUT2D eigenvalue weighted by Gasteiger charge is 2.28. The normalized spacial score (nSPS) is 15.0. The molecule has 0 aromatic heterocycles. The molecular formula is C19H23N3O6S2. The highest BCUT2D eigenvalue weighted by Crippen LogP contribution is 2.31. The third kappa shape index (κ3) is 4.91. The highest BCUT2D eigenvalue weighted by molar-refractivity contribution is 7.92. The van der Waals surface area contributed by atoms with Crippen molar-refractivity contribution in [1.29, 1.82) is 0 Å². The van der Waals surface area contributed by atoms with Crippen molar-refractivity contribution in [2.45, 2.75) is 17.7 Å². The van der Waals surface area contributed by atoms with Crippen LogP contribution in [0.3, 0.4) is 0 Å². The summed E-state index contributed by atoms with van der Waals surface area (Å²) >= 11 is 0. The highest BCUT2D eigenvalue weighted by atomic mass is 32.2. The Balaban J connectivity index is 1.94. The van der Waals surface area contributed by atoms with Gasteiger partial charge >= 0.3 is 0 Å². The fourth-order valence-corrected chi connectivity index (χ4v) is 5.30. The molecule has 30 heavy (non-hydrogen) atoms. The molecule has 1 heterocycles. The quantitative estimate of drug-likeness (QED) is 0.662. The van der Waals surface area contributed by atoms with Crippen molar-refractivity contribution in [3.8, 4) is 5.75 Å². The third-order valence-electron chi connectivity index (χ3n) is 4.59. The van der Waals surface area contributed by atoms with Crippen molar-refractivity contribution in [2.75, 3.05) is 36.5 Å². The molecule has 0 spiro atoms. The number of hydrogen-bond donors (Lipinski definition) is 2. The van der Waals surface area contributed by atoms with Gasteiger partial charge in [-0.05, 0) is 43.2 Å². The van der Waals surface area contributed by atoms with Gasteiger partial charge in [0.2, 0.25) is 20.0 Å². The second-order valence-corrected chi connectivity index (χ2v) is 10.5.